The van der Waals surface area contributed by atoms with Crippen molar-refractivity contribution in [2.24, 2.45) is 10.1 Å². The second-order valence-corrected chi connectivity index (χ2v) is 8.06. The van der Waals surface area contributed by atoms with Gasteiger partial charge in [0, 0.05) is 18.0 Å². The molecule has 166 valence electrons. The number of aromatic nitrogens is 1. The summed E-state index contributed by atoms with van der Waals surface area (Å²) in [4.78, 5) is 32.9. The maximum absolute atomic E-state index is 13.8. The van der Waals surface area contributed by atoms with Crippen molar-refractivity contribution < 1.29 is 18.7 Å². The second kappa shape index (κ2) is 8.83. The van der Waals surface area contributed by atoms with E-state index >= 15 is 0 Å². The molecule has 3 heterocycles. The Hall–Kier alpha value is -4.44. The molecule has 1 amide bonds. The smallest absolute Gasteiger partial charge is 0.346 e. The first-order valence-corrected chi connectivity index (χ1v) is 10.8. The number of aliphatic imine (C=N–C) groups is 1. The molecule has 0 aliphatic carbocycles. The fraction of sp³-hybridized carbons (Fsp3) is 0. The Kier molecular flexibility index (Phi) is 5.56. The predicted octanol–water partition coefficient (Wildman–Crippen LogP) is 4.11. The van der Waals surface area contributed by atoms with E-state index in [0.29, 0.717) is 15.8 Å². The lowest BCUT2D eigenvalue weighted by Gasteiger charge is -2.20. The van der Waals surface area contributed by atoms with Crippen LogP contribution in [0.4, 0.5) is 4.39 Å². The maximum atomic E-state index is 13.8. The zero-order valence-electron chi connectivity index (χ0n) is 17.3. The van der Waals surface area contributed by atoms with Gasteiger partial charge < -0.3 is 4.74 Å². The molecule has 2 aliphatic heterocycles. The number of halogens is 1. The molecule has 2 aliphatic rings. The van der Waals surface area contributed by atoms with Gasteiger partial charge in [-0.2, -0.15) is 15.1 Å². The number of hydrazone groups is 1. The van der Waals surface area contributed by atoms with E-state index in [-0.39, 0.29) is 22.7 Å². The number of carbonyl (C=O) groups is 2. The van der Waals surface area contributed by atoms with E-state index in [4.69, 9.17) is 10.1 Å². The third-order valence-electron chi connectivity index (χ3n) is 4.86. The van der Waals surface area contributed by atoms with Gasteiger partial charge in [0.15, 0.2) is 5.84 Å². The van der Waals surface area contributed by atoms with Crippen molar-refractivity contribution in [1.29, 1.82) is 5.41 Å². The normalized spacial score (nSPS) is 16.3. The number of hydrogen-bond acceptors (Lipinski definition) is 7. The molecule has 2 aromatic carbocycles. The lowest BCUT2D eigenvalue weighted by Crippen LogP contribution is -2.35. The zero-order chi connectivity index (χ0) is 23.7. The lowest BCUT2D eigenvalue weighted by molar-refractivity contribution is -0.114. The van der Waals surface area contributed by atoms with Crippen LogP contribution in [0.3, 0.4) is 0 Å². The number of thioether (sulfide) groups is 1. The van der Waals surface area contributed by atoms with E-state index in [2.05, 4.69) is 15.1 Å². The summed E-state index contributed by atoms with van der Waals surface area (Å²) in [6.45, 7) is 0. The number of nitrogens with zero attached hydrogens (tertiary/aromatic N) is 4. The highest BCUT2D eigenvalue weighted by atomic mass is 32.2. The summed E-state index contributed by atoms with van der Waals surface area (Å²) in [6.07, 6.45) is 4.80. The van der Waals surface area contributed by atoms with Crippen LogP contribution >= 0.6 is 11.8 Å². The number of pyridine rings is 1. The highest BCUT2D eigenvalue weighted by Gasteiger charge is 2.36. The minimum absolute atomic E-state index is 0.0663. The number of nitrogens with one attached hydrogen (secondary N) is 1. The zero-order valence-corrected chi connectivity index (χ0v) is 18.1. The minimum atomic E-state index is -0.816. The Morgan fingerprint density at radius 1 is 1.09 bits per heavy atom. The van der Waals surface area contributed by atoms with E-state index in [1.165, 1.54) is 53.2 Å². The van der Waals surface area contributed by atoms with Gasteiger partial charge in [-0.25, -0.2) is 9.18 Å². The Morgan fingerprint density at radius 3 is 2.62 bits per heavy atom. The average molecular weight is 471 g/mol. The molecule has 34 heavy (non-hydrogen) atoms. The third kappa shape index (κ3) is 4.14. The van der Waals surface area contributed by atoms with Crippen molar-refractivity contribution in [3.8, 4) is 5.75 Å². The van der Waals surface area contributed by atoms with Crippen LogP contribution in [0.2, 0.25) is 0 Å². The molecular formula is C24H14FN5O3S. The highest BCUT2D eigenvalue weighted by molar-refractivity contribution is 8.27. The molecule has 1 aromatic heterocycles. The summed E-state index contributed by atoms with van der Waals surface area (Å²) < 4.78 is 19.0. The molecule has 1 N–H and O–H groups in total. The van der Waals surface area contributed by atoms with Crippen molar-refractivity contribution in [2.75, 3.05) is 0 Å². The molecule has 3 aromatic rings. The molecule has 0 bridgehead atoms. The Bertz CT molecular complexity index is 1420. The summed E-state index contributed by atoms with van der Waals surface area (Å²) in [5.41, 5.74) is 1.24. The Balaban J connectivity index is 1.34. The van der Waals surface area contributed by atoms with Crippen LogP contribution in [-0.4, -0.2) is 37.9 Å². The van der Waals surface area contributed by atoms with E-state index < -0.39 is 17.7 Å². The molecule has 10 heteroatoms. The quantitative estimate of drug-likeness (QED) is 0.349. The van der Waals surface area contributed by atoms with Crippen LogP contribution in [-0.2, 0) is 4.79 Å². The number of rotatable bonds is 4. The van der Waals surface area contributed by atoms with Gasteiger partial charge in [-0.1, -0.05) is 24.3 Å². The fourth-order valence-electron chi connectivity index (χ4n) is 3.19. The summed E-state index contributed by atoms with van der Waals surface area (Å²) in [6, 6.07) is 15.4. The van der Waals surface area contributed by atoms with E-state index in [1.807, 2.05) is 6.07 Å². The Labute approximate surface area is 197 Å². The van der Waals surface area contributed by atoms with Gasteiger partial charge in [-0.3, -0.25) is 15.2 Å². The number of benzene rings is 2. The van der Waals surface area contributed by atoms with Crippen LogP contribution in [0.5, 0.6) is 5.75 Å². The summed E-state index contributed by atoms with van der Waals surface area (Å²) in [7, 11) is 0. The first kappa shape index (κ1) is 21.4. The average Bonchev–Trinajstić information content (AvgIpc) is 3.28. The van der Waals surface area contributed by atoms with Crippen molar-refractivity contribution in [1.82, 2.24) is 9.99 Å². The predicted molar refractivity (Wildman–Crippen MR) is 126 cm³/mol. The Morgan fingerprint density at radius 2 is 1.88 bits per heavy atom. The van der Waals surface area contributed by atoms with Crippen LogP contribution in [0.15, 0.2) is 88.7 Å². The SMILES string of the molecule is N=C1C(=Cc2ccc(OC(=O)c3ccccc3F)cc2)C(=O)N=C2SC(c3cccnc3)=NN12. The topological polar surface area (TPSA) is 108 Å². The maximum Gasteiger partial charge on any atom is 0.346 e. The van der Waals surface area contributed by atoms with E-state index in [9.17, 15) is 14.0 Å². The van der Waals surface area contributed by atoms with Gasteiger partial charge >= 0.3 is 5.97 Å². The van der Waals surface area contributed by atoms with Crippen molar-refractivity contribution >= 4 is 45.8 Å². The third-order valence-corrected chi connectivity index (χ3v) is 5.82. The van der Waals surface area contributed by atoms with Crippen LogP contribution in [0, 0.1) is 11.2 Å². The standard InChI is InChI=1S/C24H14FN5O3S/c25-19-6-2-1-5-17(19)23(32)33-16-9-7-14(8-10-16)12-18-20(26)30-24(28-21(18)31)34-22(29-30)15-4-3-11-27-13-15/h1-13,26H. The van der Waals surface area contributed by atoms with Gasteiger partial charge in [0.25, 0.3) is 5.91 Å². The number of hydrogen-bond donors (Lipinski definition) is 1. The molecule has 5 rings (SSSR count). The van der Waals surface area contributed by atoms with Crippen LogP contribution in [0.1, 0.15) is 21.5 Å². The molecule has 0 fully saturated rings. The summed E-state index contributed by atoms with van der Waals surface area (Å²) in [5, 5.41) is 15.1. The summed E-state index contributed by atoms with van der Waals surface area (Å²) in [5.74, 6) is -1.93. The molecule has 0 radical (unpaired) electrons. The van der Waals surface area contributed by atoms with Gasteiger partial charge in [0.1, 0.15) is 16.6 Å². The van der Waals surface area contributed by atoms with Gasteiger partial charge in [-0.05, 0) is 59.8 Å². The number of amidine groups is 2. The van der Waals surface area contributed by atoms with E-state index in [0.717, 1.165) is 5.56 Å². The molecule has 0 saturated heterocycles. The molecule has 0 saturated carbocycles. The number of amides is 1. The van der Waals surface area contributed by atoms with Crippen molar-refractivity contribution in [3.05, 3.63) is 101 Å². The van der Waals surface area contributed by atoms with E-state index in [1.54, 1.807) is 36.7 Å². The van der Waals surface area contributed by atoms with Crippen molar-refractivity contribution in [3.63, 3.8) is 0 Å². The first-order chi connectivity index (χ1) is 16.5. The number of fused-ring (bicyclic) bond motifs is 1. The number of ether oxygens (including phenoxy) is 1. The molecule has 0 unspecified atom stereocenters. The molecule has 8 nitrogen and oxygen atoms in total. The minimum Gasteiger partial charge on any atom is -0.423 e. The largest absolute Gasteiger partial charge is 0.423 e. The second-order valence-electron chi connectivity index (χ2n) is 7.11. The molecule has 0 atom stereocenters. The van der Waals surface area contributed by atoms with Crippen LogP contribution < -0.4 is 4.74 Å². The first-order valence-electron chi connectivity index (χ1n) is 9.97. The van der Waals surface area contributed by atoms with Gasteiger partial charge in [0.2, 0.25) is 5.17 Å². The summed E-state index contributed by atoms with van der Waals surface area (Å²) >= 11 is 1.19. The van der Waals surface area contributed by atoms with Gasteiger partial charge in [0.05, 0.1) is 11.1 Å². The number of carbonyl (C=O) groups excluding carboxylic acids is 2. The van der Waals surface area contributed by atoms with Gasteiger partial charge in [-0.15, -0.1) is 0 Å². The number of esters is 1. The monoisotopic (exact) mass is 471 g/mol. The van der Waals surface area contributed by atoms with Crippen LogP contribution in [0.25, 0.3) is 6.08 Å². The van der Waals surface area contributed by atoms with Crippen molar-refractivity contribution in [2.45, 2.75) is 0 Å². The fourth-order valence-corrected chi connectivity index (χ4v) is 4.07. The molecule has 0 spiro atoms. The highest BCUT2D eigenvalue weighted by Crippen LogP contribution is 2.30. The lowest BCUT2D eigenvalue weighted by atomic mass is 10.1. The molecular weight excluding hydrogens is 457 g/mol.